The second kappa shape index (κ2) is 6.24. The molecular formula is C19H16N4O2. The number of rotatable bonds is 3. The Balaban J connectivity index is 1.47. The molecule has 25 heavy (non-hydrogen) atoms. The molecule has 2 aromatic rings. The summed E-state index contributed by atoms with van der Waals surface area (Å²) in [5.74, 6) is 0.0117. The molecule has 6 heteroatoms. The van der Waals surface area contributed by atoms with Crippen LogP contribution in [0.15, 0.2) is 70.4 Å². The summed E-state index contributed by atoms with van der Waals surface area (Å²) in [5, 5.41) is 16.6. The number of carbonyl (C=O) groups is 1. The number of hydrazone groups is 1. The zero-order valence-electron chi connectivity index (χ0n) is 13.3. The van der Waals surface area contributed by atoms with Gasteiger partial charge in [-0.05, 0) is 30.2 Å². The Morgan fingerprint density at radius 2 is 2.08 bits per heavy atom. The lowest BCUT2D eigenvalue weighted by Crippen LogP contribution is -2.20. The molecule has 4 rings (SSSR count). The van der Waals surface area contributed by atoms with E-state index >= 15 is 0 Å². The maximum Gasteiger partial charge on any atom is 0.276 e. The normalized spacial score (nSPS) is 20.2. The fourth-order valence-corrected chi connectivity index (χ4v) is 2.89. The minimum Gasteiger partial charge on any atom is -0.508 e. The summed E-state index contributed by atoms with van der Waals surface area (Å²) in [4.78, 5) is 16.5. The number of hydrogen-bond acceptors (Lipinski definition) is 5. The SMILES string of the molecule is O=C1Nc2ccccc2/C1=N/NC1=CCC(c2cccc(O)c2)N=C1. The predicted octanol–water partition coefficient (Wildman–Crippen LogP) is 2.74. The van der Waals surface area contributed by atoms with Gasteiger partial charge in [-0.25, -0.2) is 0 Å². The molecule has 2 aliphatic heterocycles. The number of phenols is 1. The second-order valence-corrected chi connectivity index (χ2v) is 5.86. The number of aliphatic imine (C=N–C) groups is 1. The minimum atomic E-state index is -0.223. The molecular weight excluding hydrogens is 316 g/mol. The highest BCUT2D eigenvalue weighted by Gasteiger charge is 2.25. The molecule has 2 heterocycles. The largest absolute Gasteiger partial charge is 0.508 e. The van der Waals surface area contributed by atoms with Crippen LogP contribution in [0.5, 0.6) is 5.75 Å². The van der Waals surface area contributed by atoms with Crippen LogP contribution in [0.1, 0.15) is 23.6 Å². The number of amides is 1. The Bertz CT molecular complexity index is 931. The number of benzene rings is 2. The Morgan fingerprint density at radius 3 is 2.88 bits per heavy atom. The molecule has 0 spiro atoms. The van der Waals surface area contributed by atoms with E-state index in [2.05, 4.69) is 20.8 Å². The Morgan fingerprint density at radius 1 is 1.20 bits per heavy atom. The van der Waals surface area contributed by atoms with Crippen LogP contribution >= 0.6 is 0 Å². The van der Waals surface area contributed by atoms with Crippen LogP contribution in [0.2, 0.25) is 0 Å². The Hall–Kier alpha value is -3.41. The van der Waals surface area contributed by atoms with Gasteiger partial charge in [0.25, 0.3) is 5.91 Å². The average Bonchev–Trinajstić information content (AvgIpc) is 2.95. The first-order valence-corrected chi connectivity index (χ1v) is 7.97. The highest BCUT2D eigenvalue weighted by atomic mass is 16.3. The number of fused-ring (bicyclic) bond motifs is 1. The summed E-state index contributed by atoms with van der Waals surface area (Å²) in [6.45, 7) is 0. The molecule has 0 saturated carbocycles. The van der Waals surface area contributed by atoms with Crippen LogP contribution < -0.4 is 10.7 Å². The number of allylic oxidation sites excluding steroid dienone is 1. The van der Waals surface area contributed by atoms with Gasteiger partial charge < -0.3 is 10.4 Å². The lowest BCUT2D eigenvalue weighted by molar-refractivity contribution is -0.110. The van der Waals surface area contributed by atoms with Gasteiger partial charge >= 0.3 is 0 Å². The van der Waals surface area contributed by atoms with Crippen molar-refractivity contribution in [1.29, 1.82) is 0 Å². The predicted molar refractivity (Wildman–Crippen MR) is 96.8 cm³/mol. The number of para-hydroxylation sites is 1. The van der Waals surface area contributed by atoms with E-state index in [-0.39, 0.29) is 17.7 Å². The van der Waals surface area contributed by atoms with E-state index in [1.165, 1.54) is 0 Å². The summed E-state index contributed by atoms with van der Waals surface area (Å²) < 4.78 is 0. The standard InChI is InChI=1S/C19H16N4O2/c24-14-5-3-4-12(10-14)16-9-8-13(11-20-16)22-23-18-15-6-1-2-7-17(15)21-19(18)25/h1-8,10-11,16,22,24H,9H2,(H,21,23,25). The van der Waals surface area contributed by atoms with Crippen molar-refractivity contribution in [3.05, 3.63) is 71.4 Å². The summed E-state index contributed by atoms with van der Waals surface area (Å²) in [7, 11) is 0. The van der Waals surface area contributed by atoms with Crippen LogP contribution in [0.25, 0.3) is 0 Å². The topological polar surface area (TPSA) is 86.1 Å². The quantitative estimate of drug-likeness (QED) is 0.756. The number of carbonyl (C=O) groups excluding carboxylic acids is 1. The van der Waals surface area contributed by atoms with E-state index in [0.717, 1.165) is 22.5 Å². The fraction of sp³-hybridized carbons (Fsp3) is 0.105. The number of nitrogens with one attached hydrogen (secondary N) is 2. The smallest absolute Gasteiger partial charge is 0.276 e. The maximum atomic E-state index is 12.0. The van der Waals surface area contributed by atoms with Crippen LogP contribution in [-0.2, 0) is 4.79 Å². The van der Waals surface area contributed by atoms with Gasteiger partial charge in [0, 0.05) is 11.8 Å². The molecule has 124 valence electrons. The first kappa shape index (κ1) is 15.1. The molecule has 2 aromatic carbocycles. The molecule has 1 atom stereocenters. The first-order valence-electron chi connectivity index (χ1n) is 7.97. The zero-order valence-corrected chi connectivity index (χ0v) is 13.3. The summed E-state index contributed by atoms with van der Waals surface area (Å²) in [5.41, 5.74) is 6.52. The van der Waals surface area contributed by atoms with Gasteiger partial charge in [0.1, 0.15) is 5.75 Å². The van der Waals surface area contributed by atoms with Gasteiger partial charge in [0.15, 0.2) is 5.71 Å². The van der Waals surface area contributed by atoms with Crippen LogP contribution in [0.3, 0.4) is 0 Å². The van der Waals surface area contributed by atoms with Crippen molar-refractivity contribution in [2.75, 3.05) is 5.32 Å². The van der Waals surface area contributed by atoms with Crippen molar-refractivity contribution in [1.82, 2.24) is 5.43 Å². The fourth-order valence-electron chi connectivity index (χ4n) is 2.89. The molecule has 0 fully saturated rings. The number of aromatic hydroxyl groups is 1. The molecule has 1 unspecified atom stereocenters. The number of phenolic OH excluding ortho intramolecular Hbond substituents is 1. The molecule has 0 bridgehead atoms. The molecule has 1 amide bonds. The van der Waals surface area contributed by atoms with Crippen molar-refractivity contribution in [2.24, 2.45) is 10.1 Å². The van der Waals surface area contributed by atoms with Gasteiger partial charge in [-0.2, -0.15) is 5.10 Å². The third kappa shape index (κ3) is 3.01. The van der Waals surface area contributed by atoms with Crippen molar-refractivity contribution in [2.45, 2.75) is 12.5 Å². The molecule has 6 nitrogen and oxygen atoms in total. The minimum absolute atomic E-state index is 0.0270. The van der Waals surface area contributed by atoms with Gasteiger partial charge in [0.05, 0.1) is 17.4 Å². The van der Waals surface area contributed by atoms with E-state index in [1.807, 2.05) is 36.4 Å². The van der Waals surface area contributed by atoms with Crippen LogP contribution in [0, 0.1) is 0 Å². The summed E-state index contributed by atoms with van der Waals surface area (Å²) >= 11 is 0. The van der Waals surface area contributed by atoms with E-state index in [0.29, 0.717) is 12.1 Å². The number of anilines is 1. The van der Waals surface area contributed by atoms with Gasteiger partial charge in [-0.1, -0.05) is 36.4 Å². The molecule has 2 aliphatic rings. The lowest BCUT2D eigenvalue weighted by Gasteiger charge is -2.16. The average molecular weight is 332 g/mol. The van der Waals surface area contributed by atoms with Crippen molar-refractivity contribution in [3.63, 3.8) is 0 Å². The second-order valence-electron chi connectivity index (χ2n) is 5.86. The number of hydrogen-bond donors (Lipinski definition) is 3. The highest BCUT2D eigenvalue weighted by Crippen LogP contribution is 2.27. The van der Waals surface area contributed by atoms with Gasteiger partial charge in [0.2, 0.25) is 0 Å². The van der Waals surface area contributed by atoms with E-state index < -0.39 is 0 Å². The lowest BCUT2D eigenvalue weighted by atomic mass is 10.0. The van der Waals surface area contributed by atoms with Crippen LogP contribution in [0.4, 0.5) is 5.69 Å². The van der Waals surface area contributed by atoms with E-state index in [9.17, 15) is 9.90 Å². The number of nitrogens with zero attached hydrogens (tertiary/aromatic N) is 2. The zero-order chi connectivity index (χ0) is 17.2. The monoisotopic (exact) mass is 332 g/mol. The Labute approximate surface area is 144 Å². The Kier molecular flexibility index (Phi) is 3.78. The van der Waals surface area contributed by atoms with E-state index in [4.69, 9.17) is 0 Å². The summed E-state index contributed by atoms with van der Waals surface area (Å²) in [6, 6.07) is 14.5. The van der Waals surface area contributed by atoms with Crippen LogP contribution in [-0.4, -0.2) is 22.9 Å². The molecule has 0 saturated heterocycles. The third-order valence-electron chi connectivity index (χ3n) is 4.15. The highest BCUT2D eigenvalue weighted by molar-refractivity contribution is 6.53. The summed E-state index contributed by atoms with van der Waals surface area (Å²) in [6.07, 6.45) is 4.36. The molecule has 0 aromatic heterocycles. The van der Waals surface area contributed by atoms with Crippen molar-refractivity contribution >= 4 is 23.5 Å². The molecule has 0 radical (unpaired) electrons. The maximum absolute atomic E-state index is 12.0. The first-order chi connectivity index (χ1) is 12.2. The molecule has 0 aliphatic carbocycles. The van der Waals surface area contributed by atoms with E-state index in [1.54, 1.807) is 24.4 Å². The van der Waals surface area contributed by atoms with Crippen molar-refractivity contribution < 1.29 is 9.90 Å². The van der Waals surface area contributed by atoms with Gasteiger partial charge in [-0.3, -0.25) is 15.2 Å². The third-order valence-corrected chi connectivity index (χ3v) is 4.15. The van der Waals surface area contributed by atoms with Crippen molar-refractivity contribution in [3.8, 4) is 5.75 Å². The molecule has 3 N–H and O–H groups in total. The van der Waals surface area contributed by atoms with Gasteiger partial charge in [-0.15, -0.1) is 0 Å². The number of dihydropyridines is 1.